The molecule has 1 rings (SSSR count). The minimum atomic E-state index is -0.925. The molecule has 20 heavy (non-hydrogen) atoms. The van der Waals surface area contributed by atoms with Gasteiger partial charge in [0.2, 0.25) is 0 Å². The van der Waals surface area contributed by atoms with Crippen LogP contribution in [0.4, 0.5) is 4.79 Å². The third-order valence-corrected chi connectivity index (χ3v) is 3.19. The second kappa shape index (κ2) is 6.93. The monoisotopic (exact) mass is 278 g/mol. The molecular formula is C15H22N2O3. The molecule has 0 aromatic heterocycles. The van der Waals surface area contributed by atoms with Crippen molar-refractivity contribution in [1.82, 2.24) is 10.6 Å². The van der Waals surface area contributed by atoms with Crippen LogP contribution in [0.2, 0.25) is 0 Å². The number of carbonyl (C=O) groups excluding carboxylic acids is 1. The van der Waals surface area contributed by atoms with Crippen molar-refractivity contribution in [3.05, 3.63) is 35.4 Å². The Bertz CT molecular complexity index is 484. The molecule has 0 spiro atoms. The highest BCUT2D eigenvalue weighted by Gasteiger charge is 2.22. The fourth-order valence-electron chi connectivity index (χ4n) is 2.07. The number of carboxylic acid groups (broad SMARTS) is 1. The molecule has 1 aromatic carbocycles. The van der Waals surface area contributed by atoms with Gasteiger partial charge in [0.05, 0.1) is 6.42 Å². The van der Waals surface area contributed by atoms with E-state index in [9.17, 15) is 9.59 Å². The summed E-state index contributed by atoms with van der Waals surface area (Å²) in [5, 5.41) is 13.8. The first-order valence-electron chi connectivity index (χ1n) is 6.62. The fraction of sp³-hybridized carbons (Fsp3) is 0.467. The lowest BCUT2D eigenvalue weighted by Gasteiger charge is -2.27. The van der Waals surface area contributed by atoms with E-state index in [0.717, 1.165) is 0 Å². The van der Waals surface area contributed by atoms with E-state index in [2.05, 4.69) is 30.5 Å². The summed E-state index contributed by atoms with van der Waals surface area (Å²) in [7, 11) is 0. The van der Waals surface area contributed by atoms with Gasteiger partial charge in [0.1, 0.15) is 0 Å². The van der Waals surface area contributed by atoms with Crippen LogP contribution in [0.25, 0.3) is 0 Å². The minimum Gasteiger partial charge on any atom is -0.481 e. The zero-order chi connectivity index (χ0) is 15.2. The van der Waals surface area contributed by atoms with Gasteiger partial charge in [-0.25, -0.2) is 4.79 Å². The maximum atomic E-state index is 11.6. The molecule has 1 aromatic rings. The zero-order valence-corrected chi connectivity index (χ0v) is 12.2. The van der Waals surface area contributed by atoms with Gasteiger partial charge in [0, 0.05) is 18.5 Å². The molecule has 0 unspecified atom stereocenters. The van der Waals surface area contributed by atoms with E-state index in [1.807, 2.05) is 25.1 Å². The first-order chi connectivity index (χ1) is 9.33. The molecule has 0 atom stereocenters. The van der Waals surface area contributed by atoms with Gasteiger partial charge in [0.25, 0.3) is 0 Å². The number of hydrogen-bond donors (Lipinski definition) is 3. The SMILES string of the molecule is Cc1ccccc1C(C)(C)CNC(=O)NCCC(=O)O. The third kappa shape index (κ3) is 4.91. The molecule has 2 amide bonds. The molecule has 0 radical (unpaired) electrons. The molecule has 3 N–H and O–H groups in total. The second-order valence-corrected chi connectivity index (χ2v) is 5.45. The Balaban J connectivity index is 2.49. The topological polar surface area (TPSA) is 78.4 Å². The van der Waals surface area contributed by atoms with Crippen LogP contribution >= 0.6 is 0 Å². The minimum absolute atomic E-state index is 0.0748. The fourth-order valence-corrected chi connectivity index (χ4v) is 2.07. The number of nitrogens with one attached hydrogen (secondary N) is 2. The molecule has 0 saturated heterocycles. The summed E-state index contributed by atoms with van der Waals surface area (Å²) in [5.74, 6) is -0.925. The van der Waals surface area contributed by atoms with Crippen molar-refractivity contribution in [3.63, 3.8) is 0 Å². The molecule has 0 bridgehead atoms. The van der Waals surface area contributed by atoms with Crippen LogP contribution in [0.15, 0.2) is 24.3 Å². The highest BCUT2D eigenvalue weighted by atomic mass is 16.4. The number of urea groups is 1. The van der Waals surface area contributed by atoms with Crippen molar-refractivity contribution in [1.29, 1.82) is 0 Å². The molecule has 5 nitrogen and oxygen atoms in total. The number of aliphatic carboxylic acids is 1. The van der Waals surface area contributed by atoms with Crippen molar-refractivity contribution in [2.24, 2.45) is 0 Å². The van der Waals surface area contributed by atoms with Crippen molar-refractivity contribution < 1.29 is 14.7 Å². The predicted molar refractivity (Wildman–Crippen MR) is 77.9 cm³/mol. The average Bonchev–Trinajstić information content (AvgIpc) is 2.36. The predicted octanol–water partition coefficient (Wildman–Crippen LogP) is 2.05. The van der Waals surface area contributed by atoms with Gasteiger partial charge in [-0.15, -0.1) is 0 Å². The molecule has 0 heterocycles. The second-order valence-electron chi connectivity index (χ2n) is 5.45. The van der Waals surface area contributed by atoms with E-state index >= 15 is 0 Å². The van der Waals surface area contributed by atoms with Crippen molar-refractivity contribution in [2.75, 3.05) is 13.1 Å². The number of hydrogen-bond acceptors (Lipinski definition) is 2. The van der Waals surface area contributed by atoms with Gasteiger partial charge in [0.15, 0.2) is 0 Å². The van der Waals surface area contributed by atoms with Crippen LogP contribution in [0.3, 0.4) is 0 Å². The lowest BCUT2D eigenvalue weighted by Crippen LogP contribution is -2.43. The standard InChI is InChI=1S/C15H22N2O3/c1-11-6-4-5-7-12(11)15(2,3)10-17-14(20)16-9-8-13(18)19/h4-7H,8-10H2,1-3H3,(H,18,19)(H2,16,17,20). The lowest BCUT2D eigenvalue weighted by atomic mass is 9.82. The molecule has 0 saturated carbocycles. The van der Waals surface area contributed by atoms with Gasteiger partial charge in [-0.3, -0.25) is 4.79 Å². The number of carboxylic acids is 1. The van der Waals surface area contributed by atoms with Crippen LogP contribution in [0.5, 0.6) is 0 Å². The van der Waals surface area contributed by atoms with Gasteiger partial charge in [-0.1, -0.05) is 38.1 Å². The zero-order valence-electron chi connectivity index (χ0n) is 12.2. The van der Waals surface area contributed by atoms with Crippen LogP contribution < -0.4 is 10.6 Å². The summed E-state index contributed by atoms with van der Waals surface area (Å²) in [4.78, 5) is 21.9. The Morgan fingerprint density at radius 3 is 2.45 bits per heavy atom. The average molecular weight is 278 g/mol. The summed E-state index contributed by atoms with van der Waals surface area (Å²) in [6.07, 6.45) is -0.0748. The van der Waals surface area contributed by atoms with Crippen molar-refractivity contribution in [2.45, 2.75) is 32.6 Å². The van der Waals surface area contributed by atoms with E-state index in [-0.39, 0.29) is 24.4 Å². The summed E-state index contributed by atoms with van der Waals surface area (Å²) in [6, 6.07) is 7.73. The van der Waals surface area contributed by atoms with E-state index in [1.165, 1.54) is 11.1 Å². The van der Waals surface area contributed by atoms with E-state index < -0.39 is 5.97 Å². The smallest absolute Gasteiger partial charge is 0.314 e. The van der Waals surface area contributed by atoms with E-state index in [0.29, 0.717) is 6.54 Å². The van der Waals surface area contributed by atoms with Crippen molar-refractivity contribution in [3.8, 4) is 0 Å². The summed E-state index contributed by atoms with van der Waals surface area (Å²) in [6.45, 7) is 6.78. The number of benzene rings is 1. The largest absolute Gasteiger partial charge is 0.481 e. The molecule has 0 aliphatic carbocycles. The first kappa shape index (κ1) is 16.0. The van der Waals surface area contributed by atoms with Gasteiger partial charge < -0.3 is 15.7 Å². The molecule has 0 aliphatic heterocycles. The van der Waals surface area contributed by atoms with Crippen LogP contribution in [0.1, 0.15) is 31.4 Å². The third-order valence-electron chi connectivity index (χ3n) is 3.19. The molecule has 0 fully saturated rings. The van der Waals surface area contributed by atoms with Crippen molar-refractivity contribution >= 4 is 12.0 Å². The number of carbonyl (C=O) groups is 2. The Labute approximate surface area is 119 Å². The van der Waals surface area contributed by atoms with Crippen LogP contribution in [-0.4, -0.2) is 30.2 Å². The Morgan fingerprint density at radius 2 is 1.85 bits per heavy atom. The maximum Gasteiger partial charge on any atom is 0.314 e. The Hall–Kier alpha value is -2.04. The molecule has 5 heteroatoms. The van der Waals surface area contributed by atoms with Crippen LogP contribution in [-0.2, 0) is 10.2 Å². The van der Waals surface area contributed by atoms with Gasteiger partial charge in [-0.05, 0) is 18.1 Å². The Kier molecular flexibility index (Phi) is 5.55. The van der Waals surface area contributed by atoms with Gasteiger partial charge in [-0.2, -0.15) is 0 Å². The van der Waals surface area contributed by atoms with E-state index in [1.54, 1.807) is 0 Å². The summed E-state index contributed by atoms with van der Waals surface area (Å²) >= 11 is 0. The van der Waals surface area contributed by atoms with E-state index in [4.69, 9.17) is 5.11 Å². The number of amides is 2. The quantitative estimate of drug-likeness (QED) is 0.745. The van der Waals surface area contributed by atoms with Gasteiger partial charge >= 0.3 is 12.0 Å². The Morgan fingerprint density at radius 1 is 1.20 bits per heavy atom. The maximum absolute atomic E-state index is 11.6. The first-order valence-corrected chi connectivity index (χ1v) is 6.62. The number of rotatable bonds is 6. The van der Waals surface area contributed by atoms with Crippen LogP contribution in [0, 0.1) is 6.92 Å². The lowest BCUT2D eigenvalue weighted by molar-refractivity contribution is -0.136. The summed E-state index contributed by atoms with van der Waals surface area (Å²) < 4.78 is 0. The highest BCUT2D eigenvalue weighted by Crippen LogP contribution is 2.25. The number of aryl methyl sites for hydroxylation is 1. The molecular weight excluding hydrogens is 256 g/mol. The molecule has 0 aliphatic rings. The highest BCUT2D eigenvalue weighted by molar-refractivity contribution is 5.75. The normalized spacial score (nSPS) is 10.9. The summed E-state index contributed by atoms with van der Waals surface area (Å²) in [5.41, 5.74) is 2.19. The molecule has 110 valence electrons.